The topological polar surface area (TPSA) is 43.8 Å². The minimum Gasteiger partial charge on any atom is -0.325 e. The molecule has 2 N–H and O–H groups in total. The van der Waals surface area contributed by atoms with E-state index >= 15 is 0 Å². The molecule has 0 atom stereocenters. The summed E-state index contributed by atoms with van der Waals surface area (Å²) < 4.78 is 1.92. The summed E-state index contributed by atoms with van der Waals surface area (Å²) in [7, 11) is 1.97. The van der Waals surface area contributed by atoms with E-state index in [0.717, 1.165) is 17.1 Å². The first-order valence-corrected chi connectivity index (χ1v) is 7.11. The molecule has 3 nitrogen and oxygen atoms in total. The lowest BCUT2D eigenvalue weighted by molar-refractivity contribution is 0.749. The van der Waals surface area contributed by atoms with Crippen molar-refractivity contribution in [1.82, 2.24) is 9.78 Å². The number of thioether (sulfide) groups is 1. The van der Waals surface area contributed by atoms with Crippen molar-refractivity contribution in [3.05, 3.63) is 35.5 Å². The molecule has 0 bridgehead atoms. The Balaban J connectivity index is 2.39. The van der Waals surface area contributed by atoms with Gasteiger partial charge < -0.3 is 5.73 Å². The molecule has 0 radical (unpaired) electrons. The molecule has 18 heavy (non-hydrogen) atoms. The Morgan fingerprint density at radius 1 is 1.28 bits per heavy atom. The standard InChI is InChI=1S/C14H19N3S/c1-4-18-12-7-5-11(6-8-12)14-10(2)13(9-15)16-17(14)3/h5-8H,4,9,15H2,1-3H3. The highest BCUT2D eigenvalue weighted by Crippen LogP contribution is 2.27. The molecular formula is C14H19N3S. The third kappa shape index (κ3) is 2.44. The molecule has 0 unspecified atom stereocenters. The van der Waals surface area contributed by atoms with Crippen molar-refractivity contribution in [2.24, 2.45) is 12.8 Å². The Morgan fingerprint density at radius 3 is 2.44 bits per heavy atom. The van der Waals surface area contributed by atoms with Crippen molar-refractivity contribution in [1.29, 1.82) is 0 Å². The van der Waals surface area contributed by atoms with E-state index in [1.165, 1.54) is 16.0 Å². The number of aryl methyl sites for hydroxylation is 1. The van der Waals surface area contributed by atoms with Gasteiger partial charge in [-0.1, -0.05) is 19.1 Å². The molecule has 2 aromatic rings. The van der Waals surface area contributed by atoms with Gasteiger partial charge in [0.15, 0.2) is 0 Å². The number of benzene rings is 1. The van der Waals surface area contributed by atoms with Gasteiger partial charge in [-0.25, -0.2) is 0 Å². The highest BCUT2D eigenvalue weighted by Gasteiger charge is 2.12. The lowest BCUT2D eigenvalue weighted by Gasteiger charge is -2.05. The molecule has 0 spiro atoms. The molecule has 1 aromatic heterocycles. The second-order valence-corrected chi connectivity index (χ2v) is 5.54. The second kappa shape index (κ2) is 5.59. The van der Waals surface area contributed by atoms with E-state index in [9.17, 15) is 0 Å². The van der Waals surface area contributed by atoms with Crippen LogP contribution in [0.4, 0.5) is 0 Å². The van der Waals surface area contributed by atoms with Crippen LogP contribution in [0.1, 0.15) is 18.2 Å². The maximum absolute atomic E-state index is 5.70. The zero-order valence-electron chi connectivity index (χ0n) is 11.1. The molecule has 0 saturated carbocycles. The van der Waals surface area contributed by atoms with Gasteiger partial charge in [-0.15, -0.1) is 11.8 Å². The molecule has 96 valence electrons. The molecular weight excluding hydrogens is 242 g/mol. The van der Waals surface area contributed by atoms with Crippen LogP contribution >= 0.6 is 11.8 Å². The van der Waals surface area contributed by atoms with Gasteiger partial charge in [0.25, 0.3) is 0 Å². The summed E-state index contributed by atoms with van der Waals surface area (Å²) in [6.07, 6.45) is 0. The van der Waals surface area contributed by atoms with Crippen LogP contribution in [0.2, 0.25) is 0 Å². The molecule has 0 aliphatic heterocycles. The molecule has 0 aliphatic rings. The molecule has 1 heterocycles. The van der Waals surface area contributed by atoms with E-state index in [4.69, 9.17) is 5.73 Å². The Morgan fingerprint density at radius 2 is 1.94 bits per heavy atom. The first-order chi connectivity index (χ1) is 8.67. The number of hydrogen-bond donors (Lipinski definition) is 1. The first-order valence-electron chi connectivity index (χ1n) is 6.13. The quantitative estimate of drug-likeness (QED) is 0.861. The van der Waals surface area contributed by atoms with E-state index in [-0.39, 0.29) is 0 Å². The average Bonchev–Trinajstić information content (AvgIpc) is 2.66. The van der Waals surface area contributed by atoms with Crippen LogP contribution in [-0.2, 0) is 13.6 Å². The fraction of sp³-hybridized carbons (Fsp3) is 0.357. The number of nitrogens with zero attached hydrogens (tertiary/aromatic N) is 2. The third-order valence-corrected chi connectivity index (χ3v) is 3.91. The number of hydrogen-bond acceptors (Lipinski definition) is 3. The highest BCUT2D eigenvalue weighted by molar-refractivity contribution is 7.99. The predicted molar refractivity (Wildman–Crippen MR) is 77.7 cm³/mol. The van der Waals surface area contributed by atoms with Gasteiger partial charge in [0.05, 0.1) is 11.4 Å². The lowest BCUT2D eigenvalue weighted by Crippen LogP contribution is -1.99. The average molecular weight is 261 g/mol. The minimum atomic E-state index is 0.490. The van der Waals surface area contributed by atoms with Crippen molar-refractivity contribution >= 4 is 11.8 Å². The maximum atomic E-state index is 5.70. The molecule has 0 amide bonds. The third-order valence-electron chi connectivity index (χ3n) is 3.01. The van der Waals surface area contributed by atoms with Gasteiger partial charge in [-0.2, -0.15) is 5.10 Å². The fourth-order valence-corrected chi connectivity index (χ4v) is 2.82. The predicted octanol–water partition coefficient (Wildman–Crippen LogP) is 2.97. The van der Waals surface area contributed by atoms with Gasteiger partial charge in [-0.05, 0) is 30.4 Å². The van der Waals surface area contributed by atoms with E-state index in [0.29, 0.717) is 6.54 Å². The van der Waals surface area contributed by atoms with Crippen LogP contribution in [-0.4, -0.2) is 15.5 Å². The summed E-state index contributed by atoms with van der Waals surface area (Å²) in [6, 6.07) is 8.64. The minimum absolute atomic E-state index is 0.490. The summed E-state index contributed by atoms with van der Waals surface area (Å²) in [5.74, 6) is 1.10. The van der Waals surface area contributed by atoms with E-state index in [2.05, 4.69) is 43.2 Å². The summed E-state index contributed by atoms with van der Waals surface area (Å²) in [5.41, 5.74) is 10.2. The van der Waals surface area contributed by atoms with Gasteiger partial charge in [-0.3, -0.25) is 4.68 Å². The highest BCUT2D eigenvalue weighted by atomic mass is 32.2. The van der Waals surface area contributed by atoms with E-state index in [1.807, 2.05) is 23.5 Å². The number of nitrogens with two attached hydrogens (primary N) is 1. The zero-order chi connectivity index (χ0) is 13.1. The summed E-state index contributed by atoms with van der Waals surface area (Å²) in [6.45, 7) is 4.74. The maximum Gasteiger partial charge on any atom is 0.0795 e. The SMILES string of the molecule is CCSc1ccc(-c2c(C)c(CN)nn2C)cc1. The van der Waals surface area contributed by atoms with Crippen LogP contribution in [0.3, 0.4) is 0 Å². The van der Waals surface area contributed by atoms with Gasteiger partial charge >= 0.3 is 0 Å². The van der Waals surface area contributed by atoms with Gasteiger partial charge in [0.1, 0.15) is 0 Å². The fourth-order valence-electron chi connectivity index (χ4n) is 2.16. The normalized spacial score (nSPS) is 10.9. The molecule has 1 aromatic carbocycles. The summed E-state index contributed by atoms with van der Waals surface area (Å²) in [4.78, 5) is 1.31. The first kappa shape index (κ1) is 13.2. The van der Waals surface area contributed by atoms with Crippen molar-refractivity contribution in [3.8, 4) is 11.3 Å². The van der Waals surface area contributed by atoms with Crippen LogP contribution in [0.5, 0.6) is 0 Å². The molecule has 0 aliphatic carbocycles. The summed E-state index contributed by atoms with van der Waals surface area (Å²) >= 11 is 1.85. The van der Waals surface area contributed by atoms with Crippen molar-refractivity contribution in [3.63, 3.8) is 0 Å². The largest absolute Gasteiger partial charge is 0.325 e. The molecule has 4 heteroatoms. The van der Waals surface area contributed by atoms with Crippen molar-refractivity contribution in [2.75, 3.05) is 5.75 Å². The van der Waals surface area contributed by atoms with Crippen molar-refractivity contribution in [2.45, 2.75) is 25.3 Å². The van der Waals surface area contributed by atoms with Crippen LogP contribution in [0.25, 0.3) is 11.3 Å². The van der Waals surface area contributed by atoms with Gasteiger partial charge in [0.2, 0.25) is 0 Å². The number of aromatic nitrogens is 2. The second-order valence-electron chi connectivity index (χ2n) is 4.21. The van der Waals surface area contributed by atoms with Gasteiger partial charge in [0, 0.05) is 24.1 Å². The van der Waals surface area contributed by atoms with Crippen LogP contribution in [0, 0.1) is 6.92 Å². The summed E-state index contributed by atoms with van der Waals surface area (Å²) in [5, 5.41) is 4.45. The Labute approximate surface area is 112 Å². The number of rotatable bonds is 4. The monoisotopic (exact) mass is 261 g/mol. The van der Waals surface area contributed by atoms with Crippen molar-refractivity contribution < 1.29 is 0 Å². The molecule has 2 rings (SSSR count). The van der Waals surface area contributed by atoms with Crippen LogP contribution < -0.4 is 5.73 Å². The zero-order valence-corrected chi connectivity index (χ0v) is 11.9. The smallest absolute Gasteiger partial charge is 0.0795 e. The Hall–Kier alpha value is -1.26. The molecule has 0 fully saturated rings. The lowest BCUT2D eigenvalue weighted by atomic mass is 10.1. The van der Waals surface area contributed by atoms with E-state index < -0.39 is 0 Å². The molecule has 0 saturated heterocycles. The van der Waals surface area contributed by atoms with E-state index in [1.54, 1.807) is 0 Å². The Bertz CT molecular complexity index is 529. The Kier molecular flexibility index (Phi) is 4.09. The van der Waals surface area contributed by atoms with Crippen LogP contribution in [0.15, 0.2) is 29.2 Å².